The molecular formula is C23H24FN5O8. The lowest BCUT2D eigenvalue weighted by Crippen LogP contribution is -2.75. The molecule has 14 heteroatoms. The zero-order valence-corrected chi connectivity index (χ0v) is 20.2. The molecule has 2 aromatic rings. The van der Waals surface area contributed by atoms with Crippen LogP contribution in [0.3, 0.4) is 0 Å². The summed E-state index contributed by atoms with van der Waals surface area (Å²) >= 11 is 0. The minimum atomic E-state index is -1.77. The van der Waals surface area contributed by atoms with Gasteiger partial charge in [-0.2, -0.15) is 0 Å². The van der Waals surface area contributed by atoms with Crippen LogP contribution in [0.25, 0.3) is 11.0 Å². The first-order valence-corrected chi connectivity index (χ1v) is 11.8. The summed E-state index contributed by atoms with van der Waals surface area (Å²) in [4.78, 5) is 54.0. The highest BCUT2D eigenvalue weighted by Crippen LogP contribution is 2.50. The van der Waals surface area contributed by atoms with Gasteiger partial charge in [0.15, 0.2) is 17.1 Å². The van der Waals surface area contributed by atoms with Crippen LogP contribution in [0, 0.1) is 11.2 Å². The van der Waals surface area contributed by atoms with Crippen LogP contribution in [0.2, 0.25) is 0 Å². The van der Waals surface area contributed by atoms with E-state index in [0.717, 1.165) is 0 Å². The first-order valence-electron chi connectivity index (χ1n) is 11.8. The number of imide groups is 2. The molecule has 37 heavy (non-hydrogen) atoms. The number of aromatic nitrogens is 1. The maximum absolute atomic E-state index is 16.2. The van der Waals surface area contributed by atoms with E-state index >= 15 is 4.39 Å². The number of anilines is 2. The number of barbiturate groups is 1. The second-order valence-electron chi connectivity index (χ2n) is 9.77. The highest BCUT2D eigenvalue weighted by molar-refractivity contribution is 6.20. The van der Waals surface area contributed by atoms with Crippen molar-refractivity contribution in [3.63, 3.8) is 0 Å². The largest absolute Gasteiger partial charge is 0.447 e. The number of nitrogens with one attached hydrogen (secondary N) is 2. The lowest BCUT2D eigenvalue weighted by Gasteiger charge is -2.55. The molecule has 4 aliphatic rings. The summed E-state index contributed by atoms with van der Waals surface area (Å²) < 4.78 is 37.9. The number of nitrogens with zero attached hydrogens (tertiary/aromatic N) is 3. The normalized spacial score (nSPS) is 28.8. The fourth-order valence-electron chi connectivity index (χ4n) is 6.15. The molecule has 0 saturated carbocycles. The van der Waals surface area contributed by atoms with Crippen molar-refractivity contribution < 1.29 is 42.3 Å². The van der Waals surface area contributed by atoms with Gasteiger partial charge in [0.1, 0.15) is 6.61 Å². The third-order valence-corrected chi connectivity index (χ3v) is 7.49. The minimum absolute atomic E-state index is 0.0360. The number of halogens is 1. The van der Waals surface area contributed by atoms with Crippen LogP contribution in [0.1, 0.15) is 19.4 Å². The quantitative estimate of drug-likeness (QED) is 0.560. The summed E-state index contributed by atoms with van der Waals surface area (Å²) in [6.45, 7) is 3.88. The fourth-order valence-corrected chi connectivity index (χ4v) is 6.15. The predicted octanol–water partition coefficient (Wildman–Crippen LogP) is 0.829. The molecule has 196 valence electrons. The van der Waals surface area contributed by atoms with Gasteiger partial charge in [0.2, 0.25) is 17.4 Å². The fraction of sp³-hybridized carbons (Fsp3) is 0.522. The molecule has 0 aliphatic carbocycles. The number of hydrogen-bond acceptors (Lipinski definition) is 10. The Morgan fingerprint density at radius 3 is 2.65 bits per heavy atom. The summed E-state index contributed by atoms with van der Waals surface area (Å²) in [6, 6.07) is -0.773. The number of carbonyl (C=O) groups excluding carboxylic acids is 4. The Morgan fingerprint density at radius 1 is 1.22 bits per heavy atom. The number of urea groups is 1. The highest BCUT2D eigenvalue weighted by Gasteiger charge is 2.63. The van der Waals surface area contributed by atoms with E-state index in [0.29, 0.717) is 5.56 Å². The second-order valence-corrected chi connectivity index (χ2v) is 9.77. The van der Waals surface area contributed by atoms with Gasteiger partial charge in [0.25, 0.3) is 0 Å². The summed E-state index contributed by atoms with van der Waals surface area (Å²) in [7, 11) is 1.48. The zero-order valence-electron chi connectivity index (χ0n) is 20.2. The Labute approximate surface area is 209 Å². The molecule has 1 unspecified atom stereocenters. The van der Waals surface area contributed by atoms with Crippen molar-refractivity contribution in [2.24, 2.45) is 5.41 Å². The van der Waals surface area contributed by atoms with Gasteiger partial charge in [-0.1, -0.05) is 5.16 Å². The molecule has 0 radical (unpaired) electrons. The van der Waals surface area contributed by atoms with E-state index in [1.165, 1.54) is 12.0 Å². The lowest BCUT2D eigenvalue weighted by atomic mass is 9.66. The maximum Gasteiger partial charge on any atom is 0.416 e. The second kappa shape index (κ2) is 8.11. The van der Waals surface area contributed by atoms with E-state index in [-0.39, 0.29) is 54.8 Å². The van der Waals surface area contributed by atoms with Crippen molar-refractivity contribution in [3.05, 3.63) is 17.4 Å². The minimum Gasteiger partial charge on any atom is -0.447 e. The van der Waals surface area contributed by atoms with Crippen LogP contribution in [0.4, 0.5) is 25.5 Å². The highest BCUT2D eigenvalue weighted by atomic mass is 19.1. The molecule has 3 saturated heterocycles. The molecule has 1 aromatic carbocycles. The Bertz CT molecular complexity index is 1340. The van der Waals surface area contributed by atoms with Crippen LogP contribution < -0.4 is 20.4 Å². The van der Waals surface area contributed by atoms with Gasteiger partial charge in [0, 0.05) is 20.1 Å². The Kier molecular flexibility index (Phi) is 5.18. The number of morpholine rings is 1. The summed E-state index contributed by atoms with van der Waals surface area (Å²) in [5, 5.41) is 8.54. The predicted molar refractivity (Wildman–Crippen MR) is 122 cm³/mol. The molecule has 2 N–H and O–H groups in total. The van der Waals surface area contributed by atoms with E-state index in [2.05, 4.69) is 15.8 Å². The van der Waals surface area contributed by atoms with Gasteiger partial charge >= 0.3 is 12.1 Å². The van der Waals surface area contributed by atoms with Crippen LogP contribution >= 0.6 is 0 Å². The number of cyclic esters (lactones) is 1. The van der Waals surface area contributed by atoms with Crippen molar-refractivity contribution >= 4 is 46.4 Å². The van der Waals surface area contributed by atoms with Crippen molar-refractivity contribution in [2.75, 3.05) is 36.7 Å². The molecule has 5 amide bonds. The number of ether oxygens (including phenoxy) is 3. The van der Waals surface area contributed by atoms with Crippen molar-refractivity contribution in [3.8, 4) is 0 Å². The third-order valence-electron chi connectivity index (χ3n) is 7.49. The van der Waals surface area contributed by atoms with Crippen LogP contribution in [-0.4, -0.2) is 80.3 Å². The molecule has 1 aromatic heterocycles. The zero-order chi connectivity index (χ0) is 26.2. The molecule has 4 aliphatic heterocycles. The average molecular weight is 517 g/mol. The number of carbonyl (C=O) groups is 4. The summed E-state index contributed by atoms with van der Waals surface area (Å²) in [6.07, 6.45) is -1.91. The molecular weight excluding hydrogens is 493 g/mol. The number of fused-ring (bicyclic) bond motifs is 5. The first-order chi connectivity index (χ1) is 17.7. The van der Waals surface area contributed by atoms with E-state index in [1.807, 2.05) is 0 Å². The van der Waals surface area contributed by atoms with Crippen LogP contribution in [0.5, 0.6) is 0 Å². The third kappa shape index (κ3) is 3.18. The number of methoxy groups -OCH3 is 1. The van der Waals surface area contributed by atoms with Gasteiger partial charge in [-0.25, -0.2) is 18.9 Å². The van der Waals surface area contributed by atoms with Crippen molar-refractivity contribution in [1.82, 2.24) is 15.8 Å². The topological polar surface area (TPSA) is 153 Å². The smallest absolute Gasteiger partial charge is 0.416 e. The van der Waals surface area contributed by atoms with Crippen LogP contribution in [-0.2, 0) is 30.2 Å². The van der Waals surface area contributed by atoms with Gasteiger partial charge in [-0.15, -0.1) is 0 Å². The first kappa shape index (κ1) is 23.6. The molecule has 6 rings (SSSR count). The summed E-state index contributed by atoms with van der Waals surface area (Å²) in [5.41, 5.74) is -1.48. The molecule has 0 bridgehead atoms. The van der Waals surface area contributed by atoms with E-state index in [9.17, 15) is 19.2 Å². The standard InChI is InChI=1S/C23H24FN5O8/c1-9-6-28-15-11(5-23(17(28)10(2)36-9)19(30)25-21(32)26-20(23)31)4-13-16(14(15)24)37-27-18(13)29-12(7-34-3)8-35-22(29)33/h4,9-10,12,17H,5-8H2,1-3H3,(H2,25,26,30,31,32)/t9-,10+,12+,17?/m1/s1. The number of rotatable bonds is 3. The Morgan fingerprint density at radius 2 is 1.95 bits per heavy atom. The number of amides is 5. The maximum atomic E-state index is 16.2. The van der Waals surface area contributed by atoms with Crippen molar-refractivity contribution in [2.45, 2.75) is 44.6 Å². The Hall–Kier alpha value is -3.78. The molecule has 1 spiro atoms. The number of hydrogen-bond donors (Lipinski definition) is 2. The molecule has 3 fully saturated rings. The SMILES string of the molecule is COC[C@H]1COC(=O)N1c1noc2c(F)c3c(cc12)CC1(C(=O)NC(=O)NC1=O)C1[C@H](C)O[C@H](C)CN31. The average Bonchev–Trinajstić information content (AvgIpc) is 3.40. The Balaban J connectivity index is 1.55. The molecule has 5 heterocycles. The lowest BCUT2D eigenvalue weighted by molar-refractivity contribution is -0.153. The molecule has 4 atom stereocenters. The van der Waals surface area contributed by atoms with Crippen LogP contribution in [0.15, 0.2) is 10.6 Å². The monoisotopic (exact) mass is 517 g/mol. The van der Waals surface area contributed by atoms with Gasteiger partial charge < -0.3 is 23.6 Å². The van der Waals surface area contributed by atoms with E-state index in [4.69, 9.17) is 18.7 Å². The van der Waals surface area contributed by atoms with E-state index in [1.54, 1.807) is 24.8 Å². The van der Waals surface area contributed by atoms with Gasteiger partial charge in [0.05, 0.1) is 42.0 Å². The molecule has 13 nitrogen and oxygen atoms in total. The van der Waals surface area contributed by atoms with Gasteiger partial charge in [-0.05, 0) is 25.5 Å². The number of benzene rings is 1. The van der Waals surface area contributed by atoms with Crippen molar-refractivity contribution in [1.29, 1.82) is 0 Å². The van der Waals surface area contributed by atoms with Gasteiger partial charge in [-0.3, -0.25) is 20.2 Å². The van der Waals surface area contributed by atoms with E-state index < -0.39 is 53.4 Å². The summed E-state index contributed by atoms with van der Waals surface area (Å²) in [5.74, 6) is -2.28.